The van der Waals surface area contributed by atoms with Crippen molar-refractivity contribution in [1.29, 1.82) is 0 Å². The van der Waals surface area contributed by atoms with E-state index in [1.807, 2.05) is 12.3 Å². The average Bonchev–Trinajstić information content (AvgIpc) is 2.41. The van der Waals surface area contributed by atoms with Gasteiger partial charge in [-0.3, -0.25) is 4.98 Å². The molecule has 88 valence electrons. The lowest BCUT2D eigenvalue weighted by Gasteiger charge is -2.06. The van der Waals surface area contributed by atoms with Crippen LogP contribution in [0, 0.1) is 6.92 Å². The summed E-state index contributed by atoms with van der Waals surface area (Å²) in [6.45, 7) is 2.15. The predicted molar refractivity (Wildman–Crippen MR) is 75.7 cm³/mol. The minimum atomic E-state index is 0.900. The number of aryl methyl sites for hydroxylation is 1. The fraction of sp³-hybridized carbons (Fsp3) is 0.118. The Morgan fingerprint density at radius 2 is 1.61 bits per heavy atom. The lowest BCUT2D eigenvalue weighted by atomic mass is 10.0. The van der Waals surface area contributed by atoms with Crippen LogP contribution in [0.2, 0.25) is 0 Å². The normalized spacial score (nSPS) is 10.7. The largest absolute Gasteiger partial charge is 0.260 e. The van der Waals surface area contributed by atoms with Gasteiger partial charge in [0, 0.05) is 23.7 Å². The third kappa shape index (κ3) is 2.12. The number of rotatable bonds is 2. The first-order valence-corrected chi connectivity index (χ1v) is 6.21. The second-order valence-corrected chi connectivity index (χ2v) is 4.63. The van der Waals surface area contributed by atoms with Gasteiger partial charge in [-0.15, -0.1) is 0 Å². The van der Waals surface area contributed by atoms with Crippen LogP contribution >= 0.6 is 0 Å². The van der Waals surface area contributed by atoms with Gasteiger partial charge >= 0.3 is 0 Å². The molecule has 0 aliphatic carbocycles. The first-order valence-electron chi connectivity index (χ1n) is 6.21. The molecule has 1 heteroatoms. The summed E-state index contributed by atoms with van der Waals surface area (Å²) in [5.74, 6) is 0. The van der Waals surface area contributed by atoms with E-state index >= 15 is 0 Å². The summed E-state index contributed by atoms with van der Waals surface area (Å²) in [5.41, 5.74) is 3.80. The third-order valence-corrected chi connectivity index (χ3v) is 3.32. The van der Waals surface area contributed by atoms with Gasteiger partial charge in [-0.25, -0.2) is 0 Å². The zero-order chi connectivity index (χ0) is 12.4. The molecule has 0 unspecified atom stereocenters. The first kappa shape index (κ1) is 11.0. The standard InChI is InChI=1S/C17H15N/c1-13-6-2-3-7-14(13)10-17-11-15-8-4-5-9-16(15)12-18-17/h2-9,11-12H,10H2,1H3. The molecule has 0 radical (unpaired) electrons. The molecular formula is C17H15N. The Morgan fingerprint density at radius 1 is 0.889 bits per heavy atom. The number of fused-ring (bicyclic) bond motifs is 1. The monoisotopic (exact) mass is 233 g/mol. The SMILES string of the molecule is Cc1ccccc1Cc1cc2ccccc2cn1. The van der Waals surface area contributed by atoms with Gasteiger partial charge in [-0.2, -0.15) is 0 Å². The predicted octanol–water partition coefficient (Wildman–Crippen LogP) is 4.13. The minimum absolute atomic E-state index is 0.900. The lowest BCUT2D eigenvalue weighted by molar-refractivity contribution is 1.07. The molecule has 0 N–H and O–H groups in total. The number of hydrogen-bond acceptors (Lipinski definition) is 1. The highest BCUT2D eigenvalue weighted by Gasteiger charge is 2.01. The van der Waals surface area contributed by atoms with E-state index in [2.05, 4.69) is 60.4 Å². The molecule has 1 aromatic heterocycles. The van der Waals surface area contributed by atoms with Gasteiger partial charge in [-0.05, 0) is 29.5 Å². The van der Waals surface area contributed by atoms with Crippen LogP contribution in [0.5, 0.6) is 0 Å². The molecule has 0 aliphatic rings. The van der Waals surface area contributed by atoms with Crippen LogP contribution in [0.25, 0.3) is 10.8 Å². The quantitative estimate of drug-likeness (QED) is 0.648. The van der Waals surface area contributed by atoms with Crippen molar-refractivity contribution in [2.45, 2.75) is 13.3 Å². The molecule has 0 saturated carbocycles. The Labute approximate surface area is 107 Å². The molecule has 0 aliphatic heterocycles. The average molecular weight is 233 g/mol. The lowest BCUT2D eigenvalue weighted by Crippen LogP contribution is -1.94. The molecule has 0 saturated heterocycles. The van der Waals surface area contributed by atoms with E-state index in [4.69, 9.17) is 0 Å². The highest BCUT2D eigenvalue weighted by atomic mass is 14.7. The van der Waals surface area contributed by atoms with Gasteiger partial charge in [0.2, 0.25) is 0 Å². The molecule has 1 heterocycles. The summed E-state index contributed by atoms with van der Waals surface area (Å²) in [4.78, 5) is 4.54. The van der Waals surface area contributed by atoms with Crippen LogP contribution in [0.1, 0.15) is 16.8 Å². The van der Waals surface area contributed by atoms with Crippen LogP contribution < -0.4 is 0 Å². The van der Waals surface area contributed by atoms with Gasteiger partial charge in [0.05, 0.1) is 0 Å². The fourth-order valence-corrected chi connectivity index (χ4v) is 2.23. The summed E-state index contributed by atoms with van der Waals surface area (Å²) in [7, 11) is 0. The Morgan fingerprint density at radius 3 is 2.44 bits per heavy atom. The zero-order valence-corrected chi connectivity index (χ0v) is 10.4. The molecule has 3 aromatic rings. The number of aromatic nitrogens is 1. The van der Waals surface area contributed by atoms with E-state index in [1.165, 1.54) is 21.9 Å². The van der Waals surface area contributed by atoms with Gasteiger partial charge < -0.3 is 0 Å². The van der Waals surface area contributed by atoms with Crippen LogP contribution in [0.3, 0.4) is 0 Å². The van der Waals surface area contributed by atoms with Crippen molar-refractivity contribution in [3.63, 3.8) is 0 Å². The van der Waals surface area contributed by atoms with Crippen molar-refractivity contribution in [2.75, 3.05) is 0 Å². The maximum absolute atomic E-state index is 4.54. The summed E-state index contributed by atoms with van der Waals surface area (Å²) >= 11 is 0. The van der Waals surface area contributed by atoms with Crippen molar-refractivity contribution in [2.24, 2.45) is 0 Å². The van der Waals surface area contributed by atoms with Crippen molar-refractivity contribution in [3.05, 3.63) is 77.6 Å². The summed E-state index contributed by atoms with van der Waals surface area (Å²) in [6, 6.07) is 19.0. The van der Waals surface area contributed by atoms with Crippen molar-refractivity contribution < 1.29 is 0 Å². The minimum Gasteiger partial charge on any atom is -0.260 e. The van der Waals surface area contributed by atoms with Crippen LogP contribution in [0.15, 0.2) is 60.8 Å². The van der Waals surface area contributed by atoms with Crippen molar-refractivity contribution in [3.8, 4) is 0 Å². The molecule has 0 atom stereocenters. The Balaban J connectivity index is 1.98. The highest BCUT2D eigenvalue weighted by molar-refractivity contribution is 5.81. The van der Waals surface area contributed by atoms with E-state index in [-0.39, 0.29) is 0 Å². The van der Waals surface area contributed by atoms with Crippen molar-refractivity contribution in [1.82, 2.24) is 4.98 Å². The van der Waals surface area contributed by atoms with E-state index in [0.717, 1.165) is 12.1 Å². The summed E-state index contributed by atoms with van der Waals surface area (Å²) < 4.78 is 0. The maximum Gasteiger partial charge on any atom is 0.0453 e. The molecule has 18 heavy (non-hydrogen) atoms. The molecule has 0 amide bonds. The number of benzene rings is 2. The number of pyridine rings is 1. The number of hydrogen-bond donors (Lipinski definition) is 0. The summed E-state index contributed by atoms with van der Waals surface area (Å²) in [6.07, 6.45) is 2.86. The second kappa shape index (κ2) is 4.61. The van der Waals surface area contributed by atoms with E-state index in [9.17, 15) is 0 Å². The summed E-state index contributed by atoms with van der Waals surface area (Å²) in [5, 5.41) is 2.46. The molecule has 2 aromatic carbocycles. The topological polar surface area (TPSA) is 12.9 Å². The van der Waals surface area contributed by atoms with Crippen LogP contribution in [-0.4, -0.2) is 4.98 Å². The zero-order valence-electron chi connectivity index (χ0n) is 10.4. The van der Waals surface area contributed by atoms with Gasteiger partial charge in [-0.1, -0.05) is 48.5 Å². The first-order chi connectivity index (χ1) is 8.83. The molecule has 3 rings (SSSR count). The van der Waals surface area contributed by atoms with Crippen molar-refractivity contribution >= 4 is 10.8 Å². The molecule has 1 nitrogen and oxygen atoms in total. The second-order valence-electron chi connectivity index (χ2n) is 4.63. The Kier molecular flexibility index (Phi) is 2.81. The van der Waals surface area contributed by atoms with Crippen LogP contribution in [0.4, 0.5) is 0 Å². The molecular weight excluding hydrogens is 218 g/mol. The number of nitrogens with zero attached hydrogens (tertiary/aromatic N) is 1. The van der Waals surface area contributed by atoms with E-state index in [0.29, 0.717) is 0 Å². The smallest absolute Gasteiger partial charge is 0.0453 e. The van der Waals surface area contributed by atoms with Gasteiger partial charge in [0.15, 0.2) is 0 Å². The Bertz CT molecular complexity index is 686. The third-order valence-electron chi connectivity index (χ3n) is 3.32. The van der Waals surface area contributed by atoms with E-state index in [1.54, 1.807) is 0 Å². The Hall–Kier alpha value is -2.15. The van der Waals surface area contributed by atoms with E-state index < -0.39 is 0 Å². The van der Waals surface area contributed by atoms with Crippen LogP contribution in [-0.2, 0) is 6.42 Å². The highest BCUT2D eigenvalue weighted by Crippen LogP contribution is 2.17. The molecule has 0 fully saturated rings. The molecule has 0 bridgehead atoms. The van der Waals surface area contributed by atoms with Gasteiger partial charge in [0.25, 0.3) is 0 Å². The molecule has 0 spiro atoms. The maximum atomic E-state index is 4.54. The fourth-order valence-electron chi connectivity index (χ4n) is 2.23. The van der Waals surface area contributed by atoms with Gasteiger partial charge in [0.1, 0.15) is 0 Å².